The van der Waals surface area contributed by atoms with Crippen molar-refractivity contribution >= 4 is 5.91 Å². The third kappa shape index (κ3) is 4.49. The molecule has 0 aliphatic carbocycles. The third-order valence-corrected chi connectivity index (χ3v) is 3.68. The van der Waals surface area contributed by atoms with Crippen LogP contribution in [0.4, 0.5) is 0 Å². The summed E-state index contributed by atoms with van der Waals surface area (Å²) in [6.45, 7) is 0.0355. The molecule has 5 nitrogen and oxygen atoms in total. The molecule has 1 amide bonds. The molecule has 0 spiro atoms. The Morgan fingerprint density at radius 3 is 2.32 bits per heavy atom. The van der Waals surface area contributed by atoms with Gasteiger partial charge in [0.05, 0.1) is 12.8 Å². The van der Waals surface area contributed by atoms with Gasteiger partial charge < -0.3 is 19.6 Å². The van der Waals surface area contributed by atoms with Crippen LogP contribution in [0.2, 0.25) is 0 Å². The molecule has 0 saturated carbocycles. The zero-order chi connectivity index (χ0) is 17.5. The summed E-state index contributed by atoms with van der Waals surface area (Å²) < 4.78 is 11.0. The molecule has 5 heteroatoms. The van der Waals surface area contributed by atoms with Gasteiger partial charge in [-0.2, -0.15) is 0 Å². The second kappa shape index (κ2) is 8.17. The van der Waals surface area contributed by atoms with Crippen molar-refractivity contribution in [2.24, 2.45) is 0 Å². The molecule has 2 unspecified atom stereocenters. The van der Waals surface area contributed by atoms with E-state index < -0.39 is 12.2 Å². The predicted molar refractivity (Wildman–Crippen MR) is 92.9 cm³/mol. The van der Waals surface area contributed by atoms with Gasteiger partial charge in [-0.25, -0.2) is 0 Å². The Hall–Kier alpha value is -3.05. The van der Waals surface area contributed by atoms with E-state index in [-0.39, 0.29) is 12.5 Å². The third-order valence-electron chi connectivity index (χ3n) is 3.68. The quantitative estimate of drug-likeness (QED) is 0.694. The van der Waals surface area contributed by atoms with Crippen LogP contribution in [0, 0.1) is 0 Å². The number of ether oxygens (including phenoxy) is 1. The summed E-state index contributed by atoms with van der Waals surface area (Å²) in [6, 6.07) is 21.7. The molecule has 2 atom stereocenters. The lowest BCUT2D eigenvalue weighted by Crippen LogP contribution is -2.35. The van der Waals surface area contributed by atoms with E-state index in [2.05, 4.69) is 5.32 Å². The number of amides is 1. The van der Waals surface area contributed by atoms with E-state index >= 15 is 0 Å². The molecule has 3 aromatic rings. The molecular formula is C20H19NO4. The maximum absolute atomic E-state index is 12.6. The van der Waals surface area contributed by atoms with Gasteiger partial charge in [-0.1, -0.05) is 48.5 Å². The average molecular weight is 337 g/mol. The van der Waals surface area contributed by atoms with Crippen LogP contribution in [0.15, 0.2) is 83.5 Å². The lowest BCUT2D eigenvalue weighted by Gasteiger charge is -2.20. The van der Waals surface area contributed by atoms with Crippen molar-refractivity contribution in [1.82, 2.24) is 5.32 Å². The van der Waals surface area contributed by atoms with Gasteiger partial charge in [0.25, 0.3) is 5.91 Å². The highest BCUT2D eigenvalue weighted by Gasteiger charge is 2.23. The van der Waals surface area contributed by atoms with Gasteiger partial charge in [-0.05, 0) is 24.3 Å². The maximum Gasteiger partial charge on any atom is 0.265 e. The zero-order valence-electron chi connectivity index (χ0n) is 13.5. The van der Waals surface area contributed by atoms with Crippen LogP contribution in [-0.4, -0.2) is 17.6 Å². The summed E-state index contributed by atoms with van der Waals surface area (Å²) >= 11 is 0. The summed E-state index contributed by atoms with van der Waals surface area (Å²) in [5, 5.41) is 12.8. The van der Waals surface area contributed by atoms with Gasteiger partial charge >= 0.3 is 0 Å². The van der Waals surface area contributed by atoms with E-state index in [4.69, 9.17) is 9.15 Å². The average Bonchev–Trinajstić information content (AvgIpc) is 3.20. The summed E-state index contributed by atoms with van der Waals surface area (Å²) in [4.78, 5) is 12.6. The summed E-state index contributed by atoms with van der Waals surface area (Å²) in [6.07, 6.45) is -0.245. The fourth-order valence-electron chi connectivity index (χ4n) is 2.41. The zero-order valence-corrected chi connectivity index (χ0v) is 13.5. The number of nitrogens with one attached hydrogen (secondary N) is 1. The molecule has 0 fully saturated rings. The number of hydrogen-bond donors (Lipinski definition) is 2. The molecular weight excluding hydrogens is 318 g/mol. The van der Waals surface area contributed by atoms with Crippen LogP contribution in [0.5, 0.6) is 5.75 Å². The number of carbonyl (C=O) groups is 1. The second-order valence-corrected chi connectivity index (χ2v) is 5.50. The van der Waals surface area contributed by atoms with E-state index in [0.29, 0.717) is 11.5 Å². The molecule has 25 heavy (non-hydrogen) atoms. The minimum atomic E-state index is -0.910. The Kier molecular flexibility index (Phi) is 5.49. The summed E-state index contributed by atoms with van der Waals surface area (Å²) in [7, 11) is 0. The monoisotopic (exact) mass is 337 g/mol. The topological polar surface area (TPSA) is 71.7 Å². The molecule has 0 saturated heterocycles. The van der Waals surface area contributed by atoms with Crippen molar-refractivity contribution < 1.29 is 19.1 Å². The number of aliphatic hydroxyl groups is 1. The minimum absolute atomic E-state index is 0.0355. The van der Waals surface area contributed by atoms with Crippen LogP contribution in [0.1, 0.15) is 23.5 Å². The van der Waals surface area contributed by atoms with Crippen molar-refractivity contribution in [3.63, 3.8) is 0 Å². The molecule has 3 rings (SSSR count). The fourth-order valence-corrected chi connectivity index (χ4v) is 2.41. The first-order valence-electron chi connectivity index (χ1n) is 8.00. The molecule has 2 aromatic carbocycles. The molecule has 0 bridgehead atoms. The van der Waals surface area contributed by atoms with E-state index in [0.717, 1.165) is 5.56 Å². The summed E-state index contributed by atoms with van der Waals surface area (Å²) in [5.74, 6) is 0.666. The van der Waals surface area contributed by atoms with E-state index in [1.54, 1.807) is 24.3 Å². The highest BCUT2D eigenvalue weighted by atomic mass is 16.5. The first kappa shape index (κ1) is 16.8. The predicted octanol–water partition coefficient (Wildman–Crippen LogP) is 3.25. The van der Waals surface area contributed by atoms with Gasteiger partial charge in [-0.3, -0.25) is 4.79 Å². The number of rotatable bonds is 7. The highest BCUT2D eigenvalue weighted by molar-refractivity contribution is 5.82. The van der Waals surface area contributed by atoms with Crippen molar-refractivity contribution in [1.29, 1.82) is 0 Å². The number of benzene rings is 2. The first-order chi connectivity index (χ1) is 12.2. The van der Waals surface area contributed by atoms with E-state index in [9.17, 15) is 9.90 Å². The van der Waals surface area contributed by atoms with Crippen LogP contribution in [0.25, 0.3) is 0 Å². The van der Waals surface area contributed by atoms with Gasteiger partial charge in [0.2, 0.25) is 6.10 Å². The lowest BCUT2D eigenvalue weighted by molar-refractivity contribution is -0.128. The minimum Gasteiger partial charge on any atom is -0.476 e. The van der Waals surface area contributed by atoms with Crippen LogP contribution < -0.4 is 10.1 Å². The van der Waals surface area contributed by atoms with Gasteiger partial charge in [0.15, 0.2) is 0 Å². The van der Waals surface area contributed by atoms with Crippen molar-refractivity contribution in [2.45, 2.75) is 12.2 Å². The maximum atomic E-state index is 12.6. The molecule has 2 N–H and O–H groups in total. The Morgan fingerprint density at radius 2 is 1.68 bits per heavy atom. The molecule has 0 aliphatic rings. The second-order valence-electron chi connectivity index (χ2n) is 5.50. The Balaban J connectivity index is 1.71. The van der Waals surface area contributed by atoms with Gasteiger partial charge in [0.1, 0.15) is 17.6 Å². The SMILES string of the molecule is O=C(NCC(O)c1ccco1)C(Oc1ccccc1)c1ccccc1. The number of hydrogen-bond acceptors (Lipinski definition) is 4. The van der Waals surface area contributed by atoms with Crippen molar-refractivity contribution in [2.75, 3.05) is 6.54 Å². The van der Waals surface area contributed by atoms with Crippen LogP contribution in [-0.2, 0) is 4.79 Å². The molecule has 1 heterocycles. The van der Waals surface area contributed by atoms with Gasteiger partial charge in [0, 0.05) is 5.56 Å². The fraction of sp³-hybridized carbons (Fsp3) is 0.150. The summed E-state index contributed by atoms with van der Waals surface area (Å²) in [5.41, 5.74) is 0.733. The molecule has 0 aliphatic heterocycles. The Bertz CT molecular complexity index is 772. The standard InChI is InChI=1S/C20H19NO4/c22-17(18-12-7-13-24-18)14-21-20(23)19(15-8-3-1-4-9-15)25-16-10-5-2-6-11-16/h1-13,17,19,22H,14H2,(H,21,23). The van der Waals surface area contributed by atoms with Crippen molar-refractivity contribution in [3.8, 4) is 5.75 Å². The number of furan rings is 1. The number of para-hydroxylation sites is 1. The first-order valence-corrected chi connectivity index (χ1v) is 8.00. The Morgan fingerprint density at radius 1 is 1.00 bits per heavy atom. The van der Waals surface area contributed by atoms with E-state index in [1.807, 2.05) is 48.5 Å². The lowest BCUT2D eigenvalue weighted by atomic mass is 10.1. The number of aliphatic hydroxyl groups excluding tert-OH is 1. The largest absolute Gasteiger partial charge is 0.476 e. The Labute approximate surface area is 145 Å². The van der Waals surface area contributed by atoms with Crippen LogP contribution in [0.3, 0.4) is 0 Å². The normalized spacial score (nSPS) is 13.0. The van der Waals surface area contributed by atoms with Gasteiger partial charge in [-0.15, -0.1) is 0 Å². The van der Waals surface area contributed by atoms with E-state index in [1.165, 1.54) is 6.26 Å². The van der Waals surface area contributed by atoms with Crippen LogP contribution >= 0.6 is 0 Å². The highest BCUT2D eigenvalue weighted by Crippen LogP contribution is 2.22. The molecule has 0 radical (unpaired) electrons. The molecule has 1 aromatic heterocycles. The smallest absolute Gasteiger partial charge is 0.265 e. The van der Waals surface area contributed by atoms with Crippen molar-refractivity contribution in [3.05, 3.63) is 90.4 Å². The molecule has 128 valence electrons. The number of carbonyl (C=O) groups excluding carboxylic acids is 1.